The molecule has 0 spiro atoms. The van der Waals surface area contributed by atoms with Crippen molar-refractivity contribution in [2.24, 2.45) is 0 Å². The van der Waals surface area contributed by atoms with Crippen LogP contribution in [-0.4, -0.2) is 0 Å². The van der Waals surface area contributed by atoms with Crippen molar-refractivity contribution in [2.45, 2.75) is 6.92 Å². The fourth-order valence-corrected chi connectivity index (χ4v) is 3.49. The smallest absolute Gasteiger partial charge is 0.0176 e. The van der Waals surface area contributed by atoms with Gasteiger partial charge in [0.2, 0.25) is 0 Å². The number of hydrogen-bond donors (Lipinski definition) is 0. The quantitative estimate of drug-likeness (QED) is 0.483. The van der Waals surface area contributed by atoms with E-state index in [-0.39, 0.29) is 0 Å². The van der Waals surface area contributed by atoms with Crippen molar-refractivity contribution >= 4 is 59.7 Å². The highest BCUT2D eigenvalue weighted by Crippen LogP contribution is 2.17. The summed E-state index contributed by atoms with van der Waals surface area (Å²) in [6.45, 7) is 2.15. The van der Waals surface area contributed by atoms with E-state index in [9.17, 15) is 0 Å². The van der Waals surface area contributed by atoms with E-state index in [0.717, 1.165) is 0 Å². The largest absolute Gasteiger partial charge is 0.106 e. The Labute approximate surface area is 90.6 Å². The SMILES string of the molecule is Cc1c(I)cc(P)cc1I. The molecule has 0 heterocycles. The van der Waals surface area contributed by atoms with Gasteiger partial charge in [-0.25, -0.2) is 0 Å². The van der Waals surface area contributed by atoms with E-state index in [4.69, 9.17) is 0 Å². The number of benzene rings is 1. The highest BCUT2D eigenvalue weighted by atomic mass is 127. The van der Waals surface area contributed by atoms with Crippen LogP contribution >= 0.6 is 54.4 Å². The summed E-state index contributed by atoms with van der Waals surface area (Å²) in [6.07, 6.45) is 0. The van der Waals surface area contributed by atoms with Gasteiger partial charge in [-0.15, -0.1) is 9.24 Å². The molecule has 0 nitrogen and oxygen atoms in total. The minimum absolute atomic E-state index is 1.26. The second kappa shape index (κ2) is 3.68. The van der Waals surface area contributed by atoms with E-state index >= 15 is 0 Å². The van der Waals surface area contributed by atoms with Gasteiger partial charge in [0.15, 0.2) is 0 Å². The molecule has 54 valence electrons. The summed E-state index contributed by atoms with van der Waals surface area (Å²) in [5, 5.41) is 1.26. The molecule has 0 aliphatic rings. The van der Waals surface area contributed by atoms with Gasteiger partial charge in [-0.3, -0.25) is 0 Å². The molecule has 1 aromatic rings. The number of rotatable bonds is 0. The molecule has 0 aliphatic heterocycles. The zero-order valence-electron chi connectivity index (χ0n) is 5.49. The summed E-state index contributed by atoms with van der Waals surface area (Å²) in [7, 11) is 2.71. The molecule has 3 heteroatoms. The summed E-state index contributed by atoms with van der Waals surface area (Å²) in [4.78, 5) is 0. The molecule has 0 saturated heterocycles. The number of halogens is 2. The lowest BCUT2D eigenvalue weighted by molar-refractivity contribution is 1.40. The van der Waals surface area contributed by atoms with Gasteiger partial charge in [0, 0.05) is 7.14 Å². The minimum Gasteiger partial charge on any atom is -0.106 e. The molecule has 0 amide bonds. The third-order valence-corrected chi connectivity index (χ3v) is 3.88. The molecule has 1 atom stereocenters. The van der Waals surface area contributed by atoms with E-state index in [1.807, 2.05) is 0 Å². The van der Waals surface area contributed by atoms with Crippen LogP contribution in [-0.2, 0) is 0 Å². The van der Waals surface area contributed by atoms with Gasteiger partial charge in [0.25, 0.3) is 0 Å². The zero-order valence-corrected chi connectivity index (χ0v) is 11.0. The molecule has 0 fully saturated rings. The lowest BCUT2D eigenvalue weighted by Gasteiger charge is -2.01. The van der Waals surface area contributed by atoms with Crippen LogP contribution in [0, 0.1) is 14.1 Å². The molecular formula is C7H7I2P. The monoisotopic (exact) mass is 376 g/mol. The highest BCUT2D eigenvalue weighted by Gasteiger charge is 1.98. The van der Waals surface area contributed by atoms with Gasteiger partial charge in [-0.05, 0) is 75.1 Å². The van der Waals surface area contributed by atoms with Crippen LogP contribution in [0.5, 0.6) is 0 Å². The van der Waals surface area contributed by atoms with Crippen LogP contribution in [0.15, 0.2) is 12.1 Å². The topological polar surface area (TPSA) is 0 Å². The fraction of sp³-hybridized carbons (Fsp3) is 0.143. The van der Waals surface area contributed by atoms with Crippen molar-refractivity contribution in [3.63, 3.8) is 0 Å². The van der Waals surface area contributed by atoms with E-state index in [1.54, 1.807) is 0 Å². The molecule has 1 aromatic carbocycles. The molecule has 0 N–H and O–H groups in total. The van der Waals surface area contributed by atoms with E-state index in [2.05, 4.69) is 73.5 Å². The molecule has 1 rings (SSSR count). The van der Waals surface area contributed by atoms with Crippen molar-refractivity contribution < 1.29 is 0 Å². The molecular weight excluding hydrogens is 369 g/mol. The Hall–Kier alpha value is 1.11. The Bertz CT molecular complexity index is 235. The van der Waals surface area contributed by atoms with Gasteiger partial charge >= 0.3 is 0 Å². The Morgan fingerprint density at radius 1 is 1.20 bits per heavy atom. The second-order valence-electron chi connectivity index (χ2n) is 2.11. The highest BCUT2D eigenvalue weighted by molar-refractivity contribution is 14.1. The summed E-state index contributed by atoms with van der Waals surface area (Å²) in [6, 6.07) is 4.34. The first-order valence-electron chi connectivity index (χ1n) is 2.82. The summed E-state index contributed by atoms with van der Waals surface area (Å²) < 4.78 is 2.68. The standard InChI is InChI=1S/C7H7I2P/c1-4-6(8)2-5(10)3-7(4)9/h2-3H,10H2,1H3. The predicted molar refractivity (Wildman–Crippen MR) is 66.0 cm³/mol. The molecule has 10 heavy (non-hydrogen) atoms. The van der Waals surface area contributed by atoms with Gasteiger partial charge in [-0.1, -0.05) is 0 Å². The summed E-state index contributed by atoms with van der Waals surface area (Å²) >= 11 is 4.71. The van der Waals surface area contributed by atoms with E-state index < -0.39 is 0 Å². The van der Waals surface area contributed by atoms with Crippen molar-refractivity contribution in [3.8, 4) is 0 Å². The average Bonchev–Trinajstić information content (AvgIpc) is 1.82. The Balaban J connectivity index is 3.31. The van der Waals surface area contributed by atoms with Gasteiger partial charge in [-0.2, -0.15) is 0 Å². The van der Waals surface area contributed by atoms with Crippen molar-refractivity contribution in [1.82, 2.24) is 0 Å². The van der Waals surface area contributed by atoms with Crippen molar-refractivity contribution in [3.05, 3.63) is 24.8 Å². The fourth-order valence-electron chi connectivity index (χ4n) is 0.665. The van der Waals surface area contributed by atoms with Crippen LogP contribution in [0.4, 0.5) is 0 Å². The average molecular weight is 376 g/mol. The molecule has 0 aromatic heterocycles. The van der Waals surface area contributed by atoms with Crippen LogP contribution in [0.3, 0.4) is 0 Å². The first-order chi connectivity index (χ1) is 4.61. The van der Waals surface area contributed by atoms with Gasteiger partial charge < -0.3 is 0 Å². The first-order valence-corrected chi connectivity index (χ1v) is 5.56. The third-order valence-electron chi connectivity index (χ3n) is 1.30. The third kappa shape index (κ3) is 2.05. The lowest BCUT2D eigenvalue weighted by Crippen LogP contribution is -1.96. The Morgan fingerprint density at radius 2 is 1.60 bits per heavy atom. The molecule has 0 bridgehead atoms. The zero-order chi connectivity index (χ0) is 7.72. The second-order valence-corrected chi connectivity index (χ2v) is 5.10. The van der Waals surface area contributed by atoms with Crippen LogP contribution in [0.2, 0.25) is 0 Å². The summed E-state index contributed by atoms with van der Waals surface area (Å²) in [5.41, 5.74) is 1.38. The maximum absolute atomic E-state index is 2.71. The van der Waals surface area contributed by atoms with E-state index in [1.165, 1.54) is 18.0 Å². The molecule has 1 unspecified atom stereocenters. The maximum Gasteiger partial charge on any atom is 0.0176 e. The van der Waals surface area contributed by atoms with Crippen LogP contribution in [0.25, 0.3) is 0 Å². The lowest BCUT2D eigenvalue weighted by atomic mass is 10.2. The molecule has 0 saturated carbocycles. The van der Waals surface area contributed by atoms with Crippen molar-refractivity contribution in [1.29, 1.82) is 0 Å². The van der Waals surface area contributed by atoms with Gasteiger partial charge in [0.1, 0.15) is 0 Å². The predicted octanol–water partition coefficient (Wildman–Crippen LogP) is 2.70. The Kier molecular flexibility index (Phi) is 3.38. The summed E-state index contributed by atoms with van der Waals surface area (Å²) in [5.74, 6) is 0. The number of hydrogen-bond acceptors (Lipinski definition) is 0. The normalized spacial score (nSPS) is 10.0. The maximum atomic E-state index is 2.71. The minimum atomic E-state index is 1.26. The van der Waals surface area contributed by atoms with Crippen LogP contribution < -0.4 is 5.30 Å². The van der Waals surface area contributed by atoms with Gasteiger partial charge in [0.05, 0.1) is 0 Å². The van der Waals surface area contributed by atoms with E-state index in [0.29, 0.717) is 0 Å². The Morgan fingerprint density at radius 3 is 2.00 bits per heavy atom. The first kappa shape index (κ1) is 9.20. The molecule has 0 aliphatic carbocycles. The molecule has 0 radical (unpaired) electrons. The van der Waals surface area contributed by atoms with Crippen LogP contribution in [0.1, 0.15) is 5.56 Å². The van der Waals surface area contributed by atoms with Crippen molar-refractivity contribution in [2.75, 3.05) is 0 Å².